The molecule has 2 aliphatic heterocycles. The number of likely N-dealkylation sites (tertiary alicyclic amines) is 2. The number of rotatable bonds is 8. The third-order valence-electron chi connectivity index (χ3n) is 6.47. The van der Waals surface area contributed by atoms with Gasteiger partial charge >= 0.3 is 0 Å². The van der Waals surface area contributed by atoms with Gasteiger partial charge in [0.1, 0.15) is 12.4 Å². The first kappa shape index (κ1) is 22.9. The number of hydrogen-bond acceptors (Lipinski definition) is 5. The summed E-state index contributed by atoms with van der Waals surface area (Å²) in [5.74, 6) is 1.42. The highest BCUT2D eigenvalue weighted by Crippen LogP contribution is 2.36. The van der Waals surface area contributed by atoms with E-state index >= 15 is 0 Å². The molecule has 0 bridgehead atoms. The Labute approximate surface area is 195 Å². The van der Waals surface area contributed by atoms with Crippen molar-refractivity contribution in [3.63, 3.8) is 0 Å². The molecule has 6 nitrogen and oxygen atoms in total. The highest BCUT2D eigenvalue weighted by Gasteiger charge is 2.26. The standard InChI is InChI=1S/C25H33ClN4O2/c1-19-16-22(6-9-27-19)28-18-25(31)30-12-7-20(8-13-30)23-5-4-21(26)17-24(23)32-15-14-29-10-2-3-11-29/h4-6,9,16-17,20H,2-3,7-8,10-15,18H2,1H3,(H,27,28). The number of piperidine rings is 1. The summed E-state index contributed by atoms with van der Waals surface area (Å²) < 4.78 is 6.18. The van der Waals surface area contributed by atoms with Crippen LogP contribution in [-0.2, 0) is 4.79 Å². The van der Waals surface area contributed by atoms with Crippen LogP contribution in [0.25, 0.3) is 0 Å². The van der Waals surface area contributed by atoms with E-state index in [1.807, 2.05) is 36.1 Å². The van der Waals surface area contributed by atoms with Gasteiger partial charge in [-0.3, -0.25) is 14.7 Å². The maximum Gasteiger partial charge on any atom is 0.241 e. The van der Waals surface area contributed by atoms with E-state index in [1.165, 1.54) is 31.5 Å². The molecule has 2 aromatic rings. The van der Waals surface area contributed by atoms with Crippen LogP contribution in [0.5, 0.6) is 5.75 Å². The lowest BCUT2D eigenvalue weighted by atomic mass is 9.88. The predicted molar refractivity (Wildman–Crippen MR) is 129 cm³/mol. The fraction of sp³-hybridized carbons (Fsp3) is 0.520. The second-order valence-corrected chi connectivity index (χ2v) is 9.21. The first-order valence-electron chi connectivity index (χ1n) is 11.7. The summed E-state index contributed by atoms with van der Waals surface area (Å²) in [6.45, 7) is 7.77. The second-order valence-electron chi connectivity index (χ2n) is 8.77. The van der Waals surface area contributed by atoms with Crippen molar-refractivity contribution in [1.29, 1.82) is 0 Å². The van der Waals surface area contributed by atoms with Crippen LogP contribution < -0.4 is 10.1 Å². The lowest BCUT2D eigenvalue weighted by molar-refractivity contribution is -0.130. The fourth-order valence-electron chi connectivity index (χ4n) is 4.65. The topological polar surface area (TPSA) is 57.7 Å². The van der Waals surface area contributed by atoms with Crippen molar-refractivity contribution in [3.05, 3.63) is 52.8 Å². The molecule has 1 aromatic heterocycles. The van der Waals surface area contributed by atoms with E-state index in [1.54, 1.807) is 6.20 Å². The SMILES string of the molecule is Cc1cc(NCC(=O)N2CCC(c3ccc(Cl)cc3OCCN3CCCC3)CC2)ccn1. The van der Waals surface area contributed by atoms with E-state index in [4.69, 9.17) is 16.3 Å². The maximum absolute atomic E-state index is 12.7. The van der Waals surface area contributed by atoms with Crippen LogP contribution in [0, 0.1) is 6.92 Å². The van der Waals surface area contributed by atoms with Crippen LogP contribution in [-0.4, -0.2) is 66.6 Å². The van der Waals surface area contributed by atoms with Crippen LogP contribution in [0.15, 0.2) is 36.5 Å². The van der Waals surface area contributed by atoms with Crippen LogP contribution in [0.1, 0.15) is 42.9 Å². The minimum absolute atomic E-state index is 0.135. The Hall–Kier alpha value is -2.31. The number of benzene rings is 1. The zero-order valence-corrected chi connectivity index (χ0v) is 19.6. The van der Waals surface area contributed by atoms with Gasteiger partial charge in [-0.25, -0.2) is 0 Å². The molecular weight excluding hydrogens is 424 g/mol. The average Bonchev–Trinajstić information content (AvgIpc) is 3.31. The molecule has 2 aliphatic rings. The summed E-state index contributed by atoms with van der Waals surface area (Å²) in [7, 11) is 0. The Morgan fingerprint density at radius 3 is 2.69 bits per heavy atom. The number of pyridine rings is 1. The summed E-state index contributed by atoms with van der Waals surface area (Å²) in [5, 5.41) is 3.92. The van der Waals surface area contributed by atoms with Gasteiger partial charge in [0, 0.05) is 42.2 Å². The normalized spacial score (nSPS) is 17.5. The minimum atomic E-state index is 0.135. The molecule has 7 heteroatoms. The molecule has 0 spiro atoms. The lowest BCUT2D eigenvalue weighted by Crippen LogP contribution is -2.41. The molecule has 3 heterocycles. The molecule has 0 saturated carbocycles. The maximum atomic E-state index is 12.7. The van der Waals surface area contributed by atoms with Gasteiger partial charge in [0.05, 0.1) is 6.54 Å². The largest absolute Gasteiger partial charge is 0.492 e. The number of halogens is 1. The second kappa shape index (κ2) is 11.0. The Balaban J connectivity index is 1.28. The number of carbonyl (C=O) groups is 1. The van der Waals surface area contributed by atoms with Gasteiger partial charge in [-0.15, -0.1) is 0 Å². The lowest BCUT2D eigenvalue weighted by Gasteiger charge is -2.33. The molecule has 1 N–H and O–H groups in total. The Kier molecular flexibility index (Phi) is 7.87. The number of aryl methyl sites for hydroxylation is 1. The van der Waals surface area contributed by atoms with Crippen molar-refractivity contribution in [3.8, 4) is 5.75 Å². The molecule has 1 aromatic carbocycles. The summed E-state index contributed by atoms with van der Waals surface area (Å²) in [5.41, 5.74) is 3.08. The smallest absolute Gasteiger partial charge is 0.241 e. The van der Waals surface area contributed by atoms with E-state index in [9.17, 15) is 4.79 Å². The molecule has 0 aliphatic carbocycles. The zero-order chi connectivity index (χ0) is 22.3. The number of anilines is 1. The number of nitrogens with zero attached hydrogens (tertiary/aromatic N) is 3. The van der Waals surface area contributed by atoms with Crippen LogP contribution in [0.4, 0.5) is 5.69 Å². The summed E-state index contributed by atoms with van der Waals surface area (Å²) in [6, 6.07) is 9.83. The number of nitrogens with one attached hydrogen (secondary N) is 1. The van der Waals surface area contributed by atoms with Gasteiger partial charge in [-0.2, -0.15) is 0 Å². The van der Waals surface area contributed by atoms with Gasteiger partial charge < -0.3 is 15.0 Å². The molecule has 172 valence electrons. The van der Waals surface area contributed by atoms with E-state index in [0.29, 0.717) is 24.1 Å². The number of amides is 1. The molecule has 2 fully saturated rings. The van der Waals surface area contributed by atoms with Gasteiger partial charge in [0.25, 0.3) is 0 Å². The van der Waals surface area contributed by atoms with E-state index in [0.717, 1.165) is 49.6 Å². The van der Waals surface area contributed by atoms with Gasteiger partial charge in [-0.1, -0.05) is 17.7 Å². The van der Waals surface area contributed by atoms with Crippen molar-refractivity contribution >= 4 is 23.2 Å². The van der Waals surface area contributed by atoms with Crippen molar-refractivity contribution in [2.45, 2.75) is 38.5 Å². The molecular formula is C25H33ClN4O2. The quantitative estimate of drug-likeness (QED) is 0.640. The third kappa shape index (κ3) is 6.14. The van der Waals surface area contributed by atoms with Crippen LogP contribution in [0.3, 0.4) is 0 Å². The highest BCUT2D eigenvalue weighted by atomic mass is 35.5. The van der Waals surface area contributed by atoms with Crippen LogP contribution >= 0.6 is 11.6 Å². The third-order valence-corrected chi connectivity index (χ3v) is 6.70. The number of ether oxygens (including phenoxy) is 1. The molecule has 0 atom stereocenters. The van der Waals surface area contributed by atoms with E-state index < -0.39 is 0 Å². The Bertz CT molecular complexity index is 909. The molecule has 0 radical (unpaired) electrons. The van der Waals surface area contributed by atoms with Crippen LogP contribution in [0.2, 0.25) is 5.02 Å². The van der Waals surface area contributed by atoms with Crippen molar-refractivity contribution in [2.24, 2.45) is 0 Å². The molecule has 0 unspecified atom stereocenters. The molecule has 1 amide bonds. The van der Waals surface area contributed by atoms with Crippen molar-refractivity contribution < 1.29 is 9.53 Å². The minimum Gasteiger partial charge on any atom is -0.492 e. The first-order chi connectivity index (χ1) is 15.6. The molecule has 4 rings (SSSR count). The van der Waals surface area contributed by atoms with E-state index in [2.05, 4.69) is 21.3 Å². The molecule has 2 saturated heterocycles. The average molecular weight is 457 g/mol. The molecule has 32 heavy (non-hydrogen) atoms. The fourth-order valence-corrected chi connectivity index (χ4v) is 4.81. The number of aromatic nitrogens is 1. The number of hydrogen-bond donors (Lipinski definition) is 1. The Morgan fingerprint density at radius 2 is 1.94 bits per heavy atom. The number of carbonyl (C=O) groups excluding carboxylic acids is 1. The van der Waals surface area contributed by atoms with E-state index in [-0.39, 0.29) is 5.91 Å². The summed E-state index contributed by atoms with van der Waals surface area (Å²) in [6.07, 6.45) is 6.20. The van der Waals surface area contributed by atoms with Gasteiger partial charge in [0.15, 0.2) is 0 Å². The predicted octanol–water partition coefficient (Wildman–Crippen LogP) is 4.34. The van der Waals surface area contributed by atoms with Crippen molar-refractivity contribution in [2.75, 3.05) is 51.2 Å². The highest BCUT2D eigenvalue weighted by molar-refractivity contribution is 6.30. The summed E-state index contributed by atoms with van der Waals surface area (Å²) in [4.78, 5) is 21.3. The summed E-state index contributed by atoms with van der Waals surface area (Å²) >= 11 is 6.27. The van der Waals surface area contributed by atoms with Gasteiger partial charge in [-0.05, 0) is 81.4 Å². The Morgan fingerprint density at radius 1 is 1.16 bits per heavy atom. The van der Waals surface area contributed by atoms with Crippen molar-refractivity contribution in [1.82, 2.24) is 14.8 Å². The monoisotopic (exact) mass is 456 g/mol. The zero-order valence-electron chi connectivity index (χ0n) is 18.9. The van der Waals surface area contributed by atoms with Gasteiger partial charge in [0.2, 0.25) is 5.91 Å². The first-order valence-corrected chi connectivity index (χ1v) is 12.1.